The number of anilines is 1. The van der Waals surface area contributed by atoms with E-state index in [1.807, 2.05) is 6.07 Å². The second kappa shape index (κ2) is 4.43. The lowest BCUT2D eigenvalue weighted by Crippen LogP contribution is -2.29. The first-order chi connectivity index (χ1) is 7.31. The number of benzene rings is 1. The minimum atomic E-state index is 0.257. The molecule has 0 saturated carbocycles. The van der Waals surface area contributed by atoms with Gasteiger partial charge in [0.25, 0.3) is 0 Å². The van der Waals surface area contributed by atoms with Crippen LogP contribution in [0.25, 0.3) is 0 Å². The zero-order valence-electron chi connectivity index (χ0n) is 9.07. The molecule has 0 spiro atoms. The van der Waals surface area contributed by atoms with Gasteiger partial charge in [0.1, 0.15) is 11.5 Å². The largest absolute Gasteiger partial charge is 0.508 e. The molecule has 0 unspecified atom stereocenters. The molecular weight excluding hydrogens is 190 g/mol. The third-order valence-corrected chi connectivity index (χ3v) is 2.86. The molecule has 1 fully saturated rings. The summed E-state index contributed by atoms with van der Waals surface area (Å²) in [5, 5.41) is 9.37. The highest BCUT2D eigenvalue weighted by Crippen LogP contribution is 2.33. The SMILES string of the molecule is COc1cc(O)ccc1N1CCCCC1. The maximum Gasteiger partial charge on any atom is 0.145 e. The highest BCUT2D eigenvalue weighted by Gasteiger charge is 2.15. The fourth-order valence-corrected chi connectivity index (χ4v) is 2.06. The van der Waals surface area contributed by atoms with Gasteiger partial charge in [-0.2, -0.15) is 0 Å². The van der Waals surface area contributed by atoms with E-state index in [1.54, 1.807) is 19.2 Å². The van der Waals surface area contributed by atoms with Gasteiger partial charge in [0.15, 0.2) is 0 Å². The van der Waals surface area contributed by atoms with Crippen molar-refractivity contribution in [2.75, 3.05) is 25.1 Å². The first kappa shape index (κ1) is 10.1. The fraction of sp³-hybridized carbons (Fsp3) is 0.500. The number of hydrogen-bond donors (Lipinski definition) is 1. The van der Waals surface area contributed by atoms with Crippen molar-refractivity contribution in [1.29, 1.82) is 0 Å². The molecule has 3 nitrogen and oxygen atoms in total. The average Bonchev–Trinajstić information content (AvgIpc) is 2.30. The summed E-state index contributed by atoms with van der Waals surface area (Å²) in [7, 11) is 1.64. The van der Waals surface area contributed by atoms with Crippen LogP contribution in [0.3, 0.4) is 0 Å². The first-order valence-electron chi connectivity index (χ1n) is 5.43. The topological polar surface area (TPSA) is 32.7 Å². The lowest BCUT2D eigenvalue weighted by molar-refractivity contribution is 0.405. The van der Waals surface area contributed by atoms with Crippen molar-refractivity contribution >= 4 is 5.69 Å². The van der Waals surface area contributed by atoms with Crippen molar-refractivity contribution in [2.45, 2.75) is 19.3 Å². The zero-order chi connectivity index (χ0) is 10.7. The quantitative estimate of drug-likeness (QED) is 0.808. The van der Waals surface area contributed by atoms with Crippen LogP contribution in [0.5, 0.6) is 11.5 Å². The number of methoxy groups -OCH3 is 1. The Morgan fingerprint density at radius 3 is 2.60 bits per heavy atom. The van der Waals surface area contributed by atoms with E-state index < -0.39 is 0 Å². The average molecular weight is 207 g/mol. The monoisotopic (exact) mass is 207 g/mol. The number of nitrogens with zero attached hydrogens (tertiary/aromatic N) is 1. The molecule has 0 aromatic heterocycles. The molecule has 0 bridgehead atoms. The van der Waals surface area contributed by atoms with Gasteiger partial charge >= 0.3 is 0 Å². The van der Waals surface area contributed by atoms with Gasteiger partial charge < -0.3 is 14.7 Å². The molecule has 0 atom stereocenters. The molecule has 1 N–H and O–H groups in total. The summed E-state index contributed by atoms with van der Waals surface area (Å²) in [4.78, 5) is 2.32. The molecule has 0 amide bonds. The molecule has 2 rings (SSSR count). The van der Waals surface area contributed by atoms with E-state index in [4.69, 9.17) is 4.74 Å². The molecule has 0 radical (unpaired) electrons. The molecule has 0 aliphatic carbocycles. The molecule has 15 heavy (non-hydrogen) atoms. The van der Waals surface area contributed by atoms with Crippen LogP contribution in [0.2, 0.25) is 0 Å². The van der Waals surface area contributed by atoms with Crippen molar-refractivity contribution < 1.29 is 9.84 Å². The van der Waals surface area contributed by atoms with Gasteiger partial charge in [-0.15, -0.1) is 0 Å². The number of piperidine rings is 1. The predicted molar refractivity (Wildman–Crippen MR) is 60.7 cm³/mol. The summed E-state index contributed by atoms with van der Waals surface area (Å²) < 4.78 is 5.28. The molecule has 1 aliphatic heterocycles. The summed E-state index contributed by atoms with van der Waals surface area (Å²) in [6.45, 7) is 2.17. The van der Waals surface area contributed by atoms with Gasteiger partial charge in [-0.25, -0.2) is 0 Å². The minimum Gasteiger partial charge on any atom is -0.508 e. The van der Waals surface area contributed by atoms with E-state index >= 15 is 0 Å². The molecule has 1 aliphatic rings. The lowest BCUT2D eigenvalue weighted by Gasteiger charge is -2.30. The molecule has 82 valence electrons. The van der Waals surface area contributed by atoms with Gasteiger partial charge in [-0.3, -0.25) is 0 Å². The second-order valence-electron chi connectivity index (χ2n) is 3.90. The van der Waals surface area contributed by atoms with E-state index in [2.05, 4.69) is 4.90 Å². The summed E-state index contributed by atoms with van der Waals surface area (Å²) in [6.07, 6.45) is 3.80. The Labute approximate surface area is 90.3 Å². The van der Waals surface area contributed by atoms with E-state index in [1.165, 1.54) is 19.3 Å². The standard InChI is InChI=1S/C12H17NO2/c1-15-12-9-10(14)5-6-11(12)13-7-3-2-4-8-13/h5-6,9,14H,2-4,7-8H2,1H3. The summed E-state index contributed by atoms with van der Waals surface area (Å²) >= 11 is 0. The predicted octanol–water partition coefficient (Wildman–Crippen LogP) is 2.39. The van der Waals surface area contributed by atoms with Crippen molar-refractivity contribution in [1.82, 2.24) is 0 Å². The van der Waals surface area contributed by atoms with E-state index in [0.29, 0.717) is 0 Å². The molecule has 1 aromatic rings. The third-order valence-electron chi connectivity index (χ3n) is 2.86. The Balaban J connectivity index is 2.25. The van der Waals surface area contributed by atoms with Gasteiger partial charge in [0.2, 0.25) is 0 Å². The smallest absolute Gasteiger partial charge is 0.145 e. The normalized spacial score (nSPS) is 16.5. The van der Waals surface area contributed by atoms with Gasteiger partial charge in [0, 0.05) is 19.2 Å². The molecule has 1 aromatic carbocycles. The molecule has 1 heterocycles. The third kappa shape index (κ3) is 2.17. The van der Waals surface area contributed by atoms with Crippen LogP contribution in [0.4, 0.5) is 5.69 Å². The minimum absolute atomic E-state index is 0.257. The van der Waals surface area contributed by atoms with Crippen molar-refractivity contribution in [3.63, 3.8) is 0 Å². The number of aromatic hydroxyl groups is 1. The number of phenols is 1. The number of rotatable bonds is 2. The lowest BCUT2D eigenvalue weighted by atomic mass is 10.1. The van der Waals surface area contributed by atoms with Crippen molar-refractivity contribution in [3.05, 3.63) is 18.2 Å². The second-order valence-corrected chi connectivity index (χ2v) is 3.90. The van der Waals surface area contributed by atoms with Crippen molar-refractivity contribution in [2.24, 2.45) is 0 Å². The van der Waals surface area contributed by atoms with E-state index in [9.17, 15) is 5.11 Å². The highest BCUT2D eigenvalue weighted by molar-refractivity contribution is 5.61. The van der Waals surface area contributed by atoms with Gasteiger partial charge in [-0.1, -0.05) is 0 Å². The molecule has 1 saturated heterocycles. The van der Waals surface area contributed by atoms with Crippen LogP contribution in [0.1, 0.15) is 19.3 Å². The fourth-order valence-electron chi connectivity index (χ4n) is 2.06. The van der Waals surface area contributed by atoms with Crippen LogP contribution in [-0.4, -0.2) is 25.3 Å². The molecule has 3 heteroatoms. The highest BCUT2D eigenvalue weighted by atomic mass is 16.5. The summed E-state index contributed by atoms with van der Waals surface area (Å²) in [5.41, 5.74) is 1.09. The zero-order valence-corrected chi connectivity index (χ0v) is 9.07. The maximum atomic E-state index is 9.37. The van der Waals surface area contributed by atoms with E-state index in [-0.39, 0.29) is 5.75 Å². The van der Waals surface area contributed by atoms with Crippen LogP contribution in [-0.2, 0) is 0 Å². The van der Waals surface area contributed by atoms with Crippen LogP contribution >= 0.6 is 0 Å². The van der Waals surface area contributed by atoms with Gasteiger partial charge in [0.05, 0.1) is 12.8 Å². The number of ether oxygens (including phenoxy) is 1. The van der Waals surface area contributed by atoms with E-state index in [0.717, 1.165) is 24.5 Å². The Kier molecular flexibility index (Phi) is 2.99. The van der Waals surface area contributed by atoms with Gasteiger partial charge in [-0.05, 0) is 31.4 Å². The number of phenolic OH excluding ortho intramolecular Hbond substituents is 1. The van der Waals surface area contributed by atoms with Crippen LogP contribution < -0.4 is 9.64 Å². The number of hydrogen-bond acceptors (Lipinski definition) is 3. The Morgan fingerprint density at radius 1 is 1.20 bits per heavy atom. The Hall–Kier alpha value is -1.38. The maximum absolute atomic E-state index is 9.37. The summed E-state index contributed by atoms with van der Waals surface area (Å²) in [6, 6.07) is 5.32. The van der Waals surface area contributed by atoms with Crippen molar-refractivity contribution in [3.8, 4) is 11.5 Å². The summed E-state index contributed by atoms with van der Waals surface area (Å²) in [5.74, 6) is 1.02. The molecular formula is C12H17NO2. The first-order valence-corrected chi connectivity index (χ1v) is 5.43. The van der Waals surface area contributed by atoms with Crippen LogP contribution in [0.15, 0.2) is 18.2 Å². The Morgan fingerprint density at radius 2 is 1.93 bits per heavy atom. The Bertz CT molecular complexity index is 332. The van der Waals surface area contributed by atoms with Crippen LogP contribution in [0, 0.1) is 0 Å².